The maximum atomic E-state index is 12.6. The maximum Gasteiger partial charge on any atom is 0.255 e. The average Bonchev–Trinajstić information content (AvgIpc) is 2.69. The minimum atomic E-state index is -3.36. The highest BCUT2D eigenvalue weighted by Crippen LogP contribution is 2.21. The number of hydrogen-bond acceptors (Lipinski definition) is 4. The molecule has 0 aliphatic carbocycles. The van der Waals surface area contributed by atoms with Gasteiger partial charge in [0.1, 0.15) is 0 Å². The zero-order chi connectivity index (χ0) is 21.0. The number of amides is 1. The summed E-state index contributed by atoms with van der Waals surface area (Å²) in [4.78, 5) is 15.0. The Morgan fingerprint density at radius 1 is 1.14 bits per heavy atom. The number of likely N-dealkylation sites (tertiary alicyclic amines) is 1. The highest BCUT2D eigenvalue weighted by atomic mass is 32.2. The summed E-state index contributed by atoms with van der Waals surface area (Å²) in [6.45, 7) is 5.47. The first-order valence-electron chi connectivity index (χ1n) is 9.89. The van der Waals surface area contributed by atoms with Crippen molar-refractivity contribution in [2.24, 2.45) is 5.92 Å². The molecule has 1 aliphatic rings. The molecule has 0 saturated carbocycles. The number of anilines is 2. The molecule has 0 aromatic heterocycles. The van der Waals surface area contributed by atoms with E-state index in [1.807, 2.05) is 24.3 Å². The monoisotopic (exact) mass is 415 g/mol. The first kappa shape index (κ1) is 21.3. The van der Waals surface area contributed by atoms with Crippen LogP contribution in [0.4, 0.5) is 11.4 Å². The summed E-state index contributed by atoms with van der Waals surface area (Å²) in [5.41, 5.74) is 2.82. The molecular formula is C22H29N3O3S. The van der Waals surface area contributed by atoms with E-state index in [-0.39, 0.29) is 5.91 Å². The number of carbonyl (C=O) groups is 1. The van der Waals surface area contributed by atoms with Crippen LogP contribution in [-0.2, 0) is 16.6 Å². The third-order valence-electron chi connectivity index (χ3n) is 5.46. The third-order valence-corrected chi connectivity index (χ3v) is 6.67. The number of rotatable bonds is 6. The minimum absolute atomic E-state index is 0.220. The molecule has 1 fully saturated rings. The lowest BCUT2D eigenvalue weighted by atomic mass is 9.99. The molecule has 3 rings (SSSR count). The Hall–Kier alpha value is -2.38. The summed E-state index contributed by atoms with van der Waals surface area (Å²) in [6, 6.07) is 14.5. The van der Waals surface area contributed by atoms with E-state index >= 15 is 0 Å². The van der Waals surface area contributed by atoms with Crippen molar-refractivity contribution in [3.05, 3.63) is 59.7 Å². The van der Waals surface area contributed by atoms with Crippen molar-refractivity contribution in [2.45, 2.75) is 26.3 Å². The van der Waals surface area contributed by atoms with E-state index in [4.69, 9.17) is 0 Å². The van der Waals surface area contributed by atoms with Crippen LogP contribution in [0.2, 0.25) is 0 Å². The molecule has 0 unspecified atom stereocenters. The van der Waals surface area contributed by atoms with Gasteiger partial charge in [-0.15, -0.1) is 0 Å². The molecule has 2 aromatic carbocycles. The second kappa shape index (κ2) is 8.97. The summed E-state index contributed by atoms with van der Waals surface area (Å²) in [6.07, 6.45) is 3.63. The molecule has 29 heavy (non-hydrogen) atoms. The van der Waals surface area contributed by atoms with Crippen LogP contribution in [0.1, 0.15) is 35.7 Å². The summed E-state index contributed by atoms with van der Waals surface area (Å²) < 4.78 is 24.6. The Morgan fingerprint density at radius 2 is 1.79 bits per heavy atom. The molecule has 156 valence electrons. The van der Waals surface area contributed by atoms with Gasteiger partial charge in [-0.1, -0.05) is 25.1 Å². The zero-order valence-corrected chi connectivity index (χ0v) is 18.1. The number of piperidine rings is 1. The van der Waals surface area contributed by atoms with E-state index in [0.29, 0.717) is 16.9 Å². The molecule has 1 amide bonds. The number of carbonyl (C=O) groups excluding carboxylic acids is 1. The van der Waals surface area contributed by atoms with Crippen molar-refractivity contribution in [1.29, 1.82) is 0 Å². The van der Waals surface area contributed by atoms with Gasteiger partial charge in [0.15, 0.2) is 0 Å². The summed E-state index contributed by atoms with van der Waals surface area (Å²) in [5, 5.41) is 2.84. The quantitative estimate of drug-likeness (QED) is 0.783. The summed E-state index contributed by atoms with van der Waals surface area (Å²) >= 11 is 0. The molecule has 0 radical (unpaired) electrons. The smallest absolute Gasteiger partial charge is 0.255 e. The van der Waals surface area contributed by atoms with Gasteiger partial charge in [-0.05, 0) is 67.7 Å². The van der Waals surface area contributed by atoms with E-state index < -0.39 is 10.0 Å². The molecule has 1 saturated heterocycles. The molecule has 1 N–H and O–H groups in total. The predicted octanol–water partition coefficient (Wildman–Crippen LogP) is 3.57. The first-order valence-corrected chi connectivity index (χ1v) is 11.7. The number of nitrogens with zero attached hydrogens (tertiary/aromatic N) is 2. The fourth-order valence-corrected chi connectivity index (χ4v) is 3.91. The highest BCUT2D eigenvalue weighted by molar-refractivity contribution is 7.92. The lowest BCUT2D eigenvalue weighted by Crippen LogP contribution is -2.32. The Bertz CT molecular complexity index is 950. The van der Waals surface area contributed by atoms with Gasteiger partial charge >= 0.3 is 0 Å². The van der Waals surface area contributed by atoms with E-state index in [0.717, 1.165) is 31.8 Å². The topological polar surface area (TPSA) is 69.7 Å². The minimum Gasteiger partial charge on any atom is -0.322 e. The van der Waals surface area contributed by atoms with Gasteiger partial charge in [-0.2, -0.15) is 0 Å². The van der Waals surface area contributed by atoms with E-state index in [1.165, 1.54) is 29.8 Å². The van der Waals surface area contributed by atoms with Crippen molar-refractivity contribution >= 4 is 27.3 Å². The van der Waals surface area contributed by atoms with Crippen molar-refractivity contribution in [3.8, 4) is 0 Å². The molecule has 1 heterocycles. The Balaban J connectivity index is 1.62. The van der Waals surface area contributed by atoms with Crippen molar-refractivity contribution in [3.63, 3.8) is 0 Å². The van der Waals surface area contributed by atoms with Crippen LogP contribution < -0.4 is 9.62 Å². The summed E-state index contributed by atoms with van der Waals surface area (Å²) in [7, 11) is -1.87. The van der Waals surface area contributed by atoms with Gasteiger partial charge in [0.05, 0.1) is 11.9 Å². The van der Waals surface area contributed by atoms with Gasteiger partial charge in [-0.3, -0.25) is 14.0 Å². The lowest BCUT2D eigenvalue weighted by Gasteiger charge is -2.30. The maximum absolute atomic E-state index is 12.6. The van der Waals surface area contributed by atoms with Gasteiger partial charge < -0.3 is 5.32 Å². The molecule has 0 atom stereocenters. The van der Waals surface area contributed by atoms with Gasteiger partial charge in [0.25, 0.3) is 5.91 Å². The lowest BCUT2D eigenvalue weighted by molar-refractivity contribution is 0.102. The Labute approximate surface area is 173 Å². The van der Waals surface area contributed by atoms with E-state index in [9.17, 15) is 13.2 Å². The van der Waals surface area contributed by atoms with Crippen molar-refractivity contribution < 1.29 is 13.2 Å². The normalized spacial score (nSPS) is 15.8. The molecule has 0 spiro atoms. The standard InChI is InChI=1S/C22H29N3O3S/c1-17-11-13-25(14-12-17)16-18-7-9-19(10-8-18)22(26)23-20-5-4-6-21(15-20)24(2)29(3,27)28/h4-10,15,17H,11-14,16H2,1-3H3,(H,23,26). The third kappa shape index (κ3) is 5.81. The SMILES string of the molecule is CC1CCN(Cc2ccc(C(=O)Nc3cccc(N(C)S(C)(=O)=O)c3)cc2)CC1. The largest absolute Gasteiger partial charge is 0.322 e. The first-order chi connectivity index (χ1) is 13.7. The van der Waals surface area contributed by atoms with Crippen LogP contribution in [0.25, 0.3) is 0 Å². The number of nitrogens with one attached hydrogen (secondary N) is 1. The molecule has 2 aromatic rings. The van der Waals surface area contributed by atoms with Crippen LogP contribution in [0, 0.1) is 5.92 Å². The molecule has 0 bridgehead atoms. The van der Waals surface area contributed by atoms with Crippen LogP contribution in [0.15, 0.2) is 48.5 Å². The van der Waals surface area contributed by atoms with Crippen LogP contribution in [0.5, 0.6) is 0 Å². The number of hydrogen-bond donors (Lipinski definition) is 1. The van der Waals surface area contributed by atoms with Crippen LogP contribution in [0.3, 0.4) is 0 Å². The average molecular weight is 416 g/mol. The summed E-state index contributed by atoms with van der Waals surface area (Å²) in [5.74, 6) is 0.593. The molecule has 7 heteroatoms. The van der Waals surface area contributed by atoms with Gasteiger partial charge in [0.2, 0.25) is 10.0 Å². The molecular weight excluding hydrogens is 386 g/mol. The van der Waals surface area contributed by atoms with Gasteiger partial charge in [-0.25, -0.2) is 8.42 Å². The van der Waals surface area contributed by atoms with Crippen LogP contribution >= 0.6 is 0 Å². The molecule has 6 nitrogen and oxygen atoms in total. The van der Waals surface area contributed by atoms with Crippen molar-refractivity contribution in [2.75, 3.05) is 36.0 Å². The second-order valence-corrected chi connectivity index (χ2v) is 9.90. The van der Waals surface area contributed by atoms with E-state index in [1.54, 1.807) is 24.3 Å². The van der Waals surface area contributed by atoms with Crippen molar-refractivity contribution in [1.82, 2.24) is 4.90 Å². The Kier molecular flexibility index (Phi) is 6.59. The second-order valence-electron chi connectivity index (χ2n) is 7.89. The van der Waals surface area contributed by atoms with E-state index in [2.05, 4.69) is 17.1 Å². The predicted molar refractivity (Wildman–Crippen MR) is 118 cm³/mol. The number of benzene rings is 2. The fourth-order valence-electron chi connectivity index (χ4n) is 3.41. The van der Waals surface area contributed by atoms with Gasteiger partial charge in [0, 0.05) is 24.8 Å². The zero-order valence-electron chi connectivity index (χ0n) is 17.3. The number of sulfonamides is 1. The van der Waals surface area contributed by atoms with Crippen LogP contribution in [-0.4, -0.2) is 45.6 Å². The molecule has 1 aliphatic heterocycles. The fraction of sp³-hybridized carbons (Fsp3) is 0.409. The Morgan fingerprint density at radius 3 is 2.41 bits per heavy atom. The highest BCUT2D eigenvalue weighted by Gasteiger charge is 2.16.